The number of rotatable bonds is 5. The monoisotopic (exact) mass is 383 g/mol. The van der Waals surface area contributed by atoms with Crippen LogP contribution in [0.1, 0.15) is 18.1 Å². The topological polar surface area (TPSA) is 120 Å². The molecule has 2 aromatic rings. The van der Waals surface area contributed by atoms with Crippen LogP contribution in [-0.4, -0.2) is 23.5 Å². The zero-order valence-electron chi connectivity index (χ0n) is 14.9. The van der Waals surface area contributed by atoms with E-state index < -0.39 is 10.8 Å². The van der Waals surface area contributed by atoms with E-state index in [1.54, 1.807) is 24.3 Å². The first kappa shape index (κ1) is 19.1. The molecular weight excluding hydrogens is 366 g/mol. The molecule has 9 heteroatoms. The summed E-state index contributed by atoms with van der Waals surface area (Å²) in [7, 11) is 0. The van der Waals surface area contributed by atoms with Crippen molar-refractivity contribution >= 4 is 35.0 Å². The molecule has 2 amide bonds. The average Bonchev–Trinajstić information content (AvgIpc) is 2.67. The van der Waals surface area contributed by atoms with Gasteiger partial charge in [-0.25, -0.2) is 0 Å². The molecule has 28 heavy (non-hydrogen) atoms. The molecule has 0 aliphatic carbocycles. The third-order valence-corrected chi connectivity index (χ3v) is 3.82. The van der Waals surface area contributed by atoms with Crippen molar-refractivity contribution in [3.05, 3.63) is 63.7 Å². The number of nitro benzene ring substituents is 1. The number of benzene rings is 2. The first-order valence-electron chi connectivity index (χ1n) is 8.31. The second kappa shape index (κ2) is 8.31. The quantitative estimate of drug-likeness (QED) is 0.465. The Morgan fingerprint density at radius 2 is 1.82 bits per heavy atom. The Morgan fingerprint density at radius 3 is 2.46 bits per heavy atom. The Bertz CT molecular complexity index is 953. The van der Waals surface area contributed by atoms with E-state index in [-0.39, 0.29) is 25.0 Å². The maximum absolute atomic E-state index is 12.2. The average molecular weight is 383 g/mol. The van der Waals surface area contributed by atoms with Crippen LogP contribution in [-0.2, 0) is 20.9 Å². The van der Waals surface area contributed by atoms with Gasteiger partial charge >= 0.3 is 0 Å². The molecule has 9 nitrogen and oxygen atoms in total. The van der Waals surface area contributed by atoms with Gasteiger partial charge in [-0.05, 0) is 30.3 Å². The fraction of sp³-hybridized carbons (Fsp3) is 0.158. The predicted molar refractivity (Wildman–Crippen MR) is 102 cm³/mol. The van der Waals surface area contributed by atoms with Gasteiger partial charge in [-0.1, -0.05) is 0 Å². The summed E-state index contributed by atoms with van der Waals surface area (Å²) < 4.78 is 10.6. The van der Waals surface area contributed by atoms with E-state index in [1.165, 1.54) is 31.2 Å². The van der Waals surface area contributed by atoms with Gasteiger partial charge in [-0.3, -0.25) is 19.7 Å². The number of carbonyl (C=O) groups excluding carboxylic acids is 2. The molecule has 0 spiro atoms. The molecule has 0 bridgehead atoms. The standard InChI is InChI=1S/C19H17N3O6/c1-12(23)20-15-3-5-16(6-4-15)21-18(24)7-2-13-8-17(22(25)26)9-14-10-27-11-28-19(13)14/h2-9H,10-11H2,1H3,(H,20,23)(H,21,24)/b7-2+. The lowest BCUT2D eigenvalue weighted by molar-refractivity contribution is -0.385. The van der Waals surface area contributed by atoms with E-state index in [9.17, 15) is 19.7 Å². The molecule has 3 rings (SSSR count). The lowest BCUT2D eigenvalue weighted by Gasteiger charge is -2.19. The summed E-state index contributed by atoms with van der Waals surface area (Å²) in [5.41, 5.74) is 2.01. The number of nitro groups is 1. The number of ether oxygens (including phenoxy) is 2. The van der Waals surface area contributed by atoms with Gasteiger partial charge in [0.15, 0.2) is 6.79 Å². The first-order valence-corrected chi connectivity index (χ1v) is 8.31. The number of anilines is 2. The van der Waals surface area contributed by atoms with Crippen molar-refractivity contribution in [1.82, 2.24) is 0 Å². The maximum atomic E-state index is 12.2. The molecule has 1 heterocycles. The molecule has 1 aliphatic rings. The van der Waals surface area contributed by atoms with Crippen molar-refractivity contribution in [1.29, 1.82) is 0 Å². The van der Waals surface area contributed by atoms with E-state index >= 15 is 0 Å². The van der Waals surface area contributed by atoms with Crippen LogP contribution in [0.25, 0.3) is 6.08 Å². The Balaban J connectivity index is 1.74. The second-order valence-corrected chi connectivity index (χ2v) is 5.97. The van der Waals surface area contributed by atoms with Gasteiger partial charge < -0.3 is 20.1 Å². The van der Waals surface area contributed by atoms with Crippen molar-refractivity contribution in [2.75, 3.05) is 17.4 Å². The molecule has 0 fully saturated rings. The first-order chi connectivity index (χ1) is 13.4. The lowest BCUT2D eigenvalue weighted by Crippen LogP contribution is -2.13. The highest BCUT2D eigenvalue weighted by atomic mass is 16.7. The van der Waals surface area contributed by atoms with Crippen molar-refractivity contribution in [3.63, 3.8) is 0 Å². The molecule has 0 saturated heterocycles. The summed E-state index contributed by atoms with van der Waals surface area (Å²) in [6.45, 7) is 1.64. The van der Waals surface area contributed by atoms with Gasteiger partial charge in [-0.15, -0.1) is 0 Å². The fourth-order valence-electron chi connectivity index (χ4n) is 2.65. The van der Waals surface area contributed by atoms with Gasteiger partial charge in [0.1, 0.15) is 5.75 Å². The normalized spacial score (nSPS) is 12.8. The number of non-ortho nitro benzene ring substituents is 1. The molecule has 0 aromatic heterocycles. The zero-order valence-corrected chi connectivity index (χ0v) is 14.9. The van der Waals surface area contributed by atoms with Gasteiger partial charge in [0.05, 0.1) is 11.5 Å². The Morgan fingerprint density at radius 1 is 1.14 bits per heavy atom. The molecule has 144 valence electrons. The van der Waals surface area contributed by atoms with Crippen LogP contribution in [0.4, 0.5) is 17.1 Å². The van der Waals surface area contributed by atoms with Crippen molar-refractivity contribution in [2.24, 2.45) is 0 Å². The maximum Gasteiger partial charge on any atom is 0.270 e. The summed E-state index contributed by atoms with van der Waals surface area (Å²) in [6, 6.07) is 9.34. The van der Waals surface area contributed by atoms with Crippen LogP contribution < -0.4 is 15.4 Å². The van der Waals surface area contributed by atoms with Crippen molar-refractivity contribution in [2.45, 2.75) is 13.5 Å². The number of fused-ring (bicyclic) bond motifs is 1. The van der Waals surface area contributed by atoms with Crippen LogP contribution in [0.3, 0.4) is 0 Å². The van der Waals surface area contributed by atoms with Crippen molar-refractivity contribution in [3.8, 4) is 5.75 Å². The second-order valence-electron chi connectivity index (χ2n) is 5.97. The number of nitrogens with one attached hydrogen (secondary N) is 2. The lowest BCUT2D eigenvalue weighted by atomic mass is 10.1. The van der Waals surface area contributed by atoms with E-state index in [4.69, 9.17) is 9.47 Å². The minimum Gasteiger partial charge on any atom is -0.467 e. The minimum absolute atomic E-state index is 0.0402. The third kappa shape index (κ3) is 4.71. The highest BCUT2D eigenvalue weighted by Crippen LogP contribution is 2.33. The molecule has 2 aromatic carbocycles. The number of hydrogen-bond acceptors (Lipinski definition) is 6. The number of carbonyl (C=O) groups is 2. The Labute approximate surface area is 160 Å². The molecule has 0 atom stereocenters. The SMILES string of the molecule is CC(=O)Nc1ccc(NC(=O)/C=C/c2cc([N+](=O)[O-])cc3c2OCOC3)cc1. The third-order valence-electron chi connectivity index (χ3n) is 3.82. The van der Waals surface area contributed by atoms with E-state index in [0.717, 1.165) is 0 Å². The smallest absolute Gasteiger partial charge is 0.270 e. The minimum atomic E-state index is -0.511. The molecule has 0 unspecified atom stereocenters. The summed E-state index contributed by atoms with van der Waals surface area (Å²) in [4.78, 5) is 33.8. The largest absolute Gasteiger partial charge is 0.467 e. The number of nitrogens with zero attached hydrogens (tertiary/aromatic N) is 1. The summed E-state index contributed by atoms with van der Waals surface area (Å²) in [5.74, 6) is -0.146. The highest BCUT2D eigenvalue weighted by Gasteiger charge is 2.19. The van der Waals surface area contributed by atoms with Gasteiger partial charge in [0, 0.05) is 47.6 Å². The highest BCUT2D eigenvalue weighted by molar-refractivity contribution is 6.02. The van der Waals surface area contributed by atoms with Crippen molar-refractivity contribution < 1.29 is 24.0 Å². The Hall–Kier alpha value is -3.72. The molecular formula is C19H17N3O6. The van der Waals surface area contributed by atoms with Crippen LogP contribution in [0.5, 0.6) is 5.75 Å². The van der Waals surface area contributed by atoms with E-state index in [0.29, 0.717) is 28.3 Å². The van der Waals surface area contributed by atoms with Crippen LogP contribution in [0, 0.1) is 10.1 Å². The van der Waals surface area contributed by atoms with Crippen LogP contribution in [0.2, 0.25) is 0 Å². The summed E-state index contributed by atoms with van der Waals surface area (Å²) in [6.07, 6.45) is 2.72. The van der Waals surface area contributed by atoms with Gasteiger partial charge in [0.2, 0.25) is 11.8 Å². The molecule has 0 radical (unpaired) electrons. The van der Waals surface area contributed by atoms with E-state index in [2.05, 4.69) is 10.6 Å². The van der Waals surface area contributed by atoms with E-state index in [1.807, 2.05) is 0 Å². The summed E-state index contributed by atoms with van der Waals surface area (Å²) in [5, 5.41) is 16.4. The predicted octanol–water partition coefficient (Wildman–Crippen LogP) is 3.07. The molecule has 0 saturated carbocycles. The molecule has 1 aliphatic heterocycles. The Kier molecular flexibility index (Phi) is 5.66. The van der Waals surface area contributed by atoms with Gasteiger partial charge in [-0.2, -0.15) is 0 Å². The fourth-order valence-corrected chi connectivity index (χ4v) is 2.65. The summed E-state index contributed by atoms with van der Waals surface area (Å²) >= 11 is 0. The van der Waals surface area contributed by atoms with Crippen LogP contribution in [0.15, 0.2) is 42.5 Å². The zero-order chi connectivity index (χ0) is 20.1. The van der Waals surface area contributed by atoms with Gasteiger partial charge in [0.25, 0.3) is 5.69 Å². The number of amides is 2. The molecule has 2 N–H and O–H groups in total. The number of hydrogen-bond donors (Lipinski definition) is 2. The van der Waals surface area contributed by atoms with Crippen LogP contribution >= 0.6 is 0 Å².